The van der Waals surface area contributed by atoms with E-state index in [0.717, 1.165) is 19.3 Å². The minimum Gasteiger partial charge on any atom is -0.480 e. The normalized spacial score (nSPS) is 11.5. The van der Waals surface area contributed by atoms with Crippen LogP contribution in [0.3, 0.4) is 0 Å². The molecule has 0 aliphatic rings. The molecule has 31 heavy (non-hydrogen) atoms. The molecule has 0 saturated heterocycles. The number of unbranched alkanes of at least 4 members (excludes halogenated alkanes) is 16. The van der Waals surface area contributed by atoms with Crippen LogP contribution >= 0.6 is 0 Å². The summed E-state index contributed by atoms with van der Waals surface area (Å²) in [6.45, 7) is 10.4. The number of carbonyl (C=O) groups excluding carboxylic acids is 1. The molecular formula is C27H53NO3. The van der Waals surface area contributed by atoms with Gasteiger partial charge in [0.25, 0.3) is 0 Å². The van der Waals surface area contributed by atoms with Crippen molar-refractivity contribution < 1.29 is 14.7 Å². The van der Waals surface area contributed by atoms with Crippen molar-refractivity contribution in [1.29, 1.82) is 0 Å². The van der Waals surface area contributed by atoms with E-state index in [9.17, 15) is 9.59 Å². The first-order valence-corrected chi connectivity index (χ1v) is 13.1. The molecule has 0 saturated carbocycles. The first-order chi connectivity index (χ1) is 14.9. The van der Waals surface area contributed by atoms with E-state index >= 15 is 0 Å². The van der Waals surface area contributed by atoms with E-state index in [-0.39, 0.29) is 0 Å². The Labute approximate surface area is 193 Å². The van der Waals surface area contributed by atoms with Crippen molar-refractivity contribution in [3.8, 4) is 0 Å². The van der Waals surface area contributed by atoms with E-state index in [2.05, 4.69) is 27.4 Å². The van der Waals surface area contributed by atoms with Crippen molar-refractivity contribution in [1.82, 2.24) is 0 Å². The Kier molecular flexibility index (Phi) is 25.6. The third kappa shape index (κ3) is 23.2. The van der Waals surface area contributed by atoms with E-state index in [0.29, 0.717) is 12.0 Å². The average Bonchev–Trinajstić information content (AvgIpc) is 2.72. The lowest BCUT2D eigenvalue weighted by atomic mass is 9.94. The topological polar surface area (TPSA) is 80.4 Å². The molecular weight excluding hydrogens is 386 g/mol. The third-order valence-electron chi connectivity index (χ3n) is 5.75. The molecule has 4 heteroatoms. The van der Waals surface area contributed by atoms with Crippen molar-refractivity contribution >= 4 is 11.9 Å². The summed E-state index contributed by atoms with van der Waals surface area (Å²) in [5, 5.41) is 8.90. The predicted molar refractivity (Wildman–Crippen MR) is 134 cm³/mol. The lowest BCUT2D eigenvalue weighted by Gasteiger charge is -2.11. The largest absolute Gasteiger partial charge is 0.480 e. The second-order valence-electron chi connectivity index (χ2n) is 8.89. The zero-order valence-corrected chi connectivity index (χ0v) is 21.1. The van der Waals surface area contributed by atoms with Crippen molar-refractivity contribution in [3.63, 3.8) is 0 Å². The summed E-state index contributed by atoms with van der Waals surface area (Å²) in [6.07, 6.45) is 24.3. The Morgan fingerprint density at radius 2 is 0.935 bits per heavy atom. The molecule has 0 aromatic rings. The van der Waals surface area contributed by atoms with Crippen LogP contribution in [0.25, 0.3) is 0 Å². The number of primary amides is 1. The van der Waals surface area contributed by atoms with Crippen LogP contribution in [0.4, 0.5) is 0 Å². The number of amides is 1. The highest BCUT2D eigenvalue weighted by molar-refractivity contribution is 5.99. The minimum atomic E-state index is -1.23. The summed E-state index contributed by atoms with van der Waals surface area (Å²) in [5.41, 5.74) is 5.49. The first kappa shape index (κ1) is 31.9. The van der Waals surface area contributed by atoms with Crippen molar-refractivity contribution in [3.05, 3.63) is 12.2 Å². The maximum atomic E-state index is 11.0. The van der Waals surface area contributed by atoms with Crippen LogP contribution in [0.15, 0.2) is 12.2 Å². The number of carboxylic acid groups (broad SMARTS) is 1. The van der Waals surface area contributed by atoms with Crippen LogP contribution in [0.5, 0.6) is 0 Å². The molecule has 0 rings (SSSR count). The van der Waals surface area contributed by atoms with Gasteiger partial charge in [0, 0.05) is 0 Å². The number of rotatable bonds is 21. The summed E-state index contributed by atoms with van der Waals surface area (Å²) in [7, 11) is 0. The SMILES string of the molecule is C=C(CCCCCCCCCCC)C(C(N)=O)C(=O)O.CCCCCCCCCCC. The van der Waals surface area contributed by atoms with E-state index < -0.39 is 17.8 Å². The van der Waals surface area contributed by atoms with Gasteiger partial charge in [-0.3, -0.25) is 9.59 Å². The molecule has 1 unspecified atom stereocenters. The summed E-state index contributed by atoms with van der Waals surface area (Å²) < 4.78 is 0. The fourth-order valence-corrected chi connectivity index (χ4v) is 3.69. The van der Waals surface area contributed by atoms with Crippen LogP contribution in [0.1, 0.15) is 143 Å². The molecule has 184 valence electrons. The molecule has 3 N–H and O–H groups in total. The van der Waals surface area contributed by atoms with Crippen LogP contribution in [0, 0.1) is 5.92 Å². The van der Waals surface area contributed by atoms with Gasteiger partial charge in [0.2, 0.25) is 5.91 Å². The number of carbonyl (C=O) groups is 2. The molecule has 0 aromatic heterocycles. The highest BCUT2D eigenvalue weighted by Crippen LogP contribution is 2.18. The van der Waals surface area contributed by atoms with Crippen LogP contribution in [0.2, 0.25) is 0 Å². The maximum absolute atomic E-state index is 11.0. The van der Waals surface area contributed by atoms with Gasteiger partial charge in [-0.05, 0) is 12.8 Å². The average molecular weight is 440 g/mol. The van der Waals surface area contributed by atoms with Gasteiger partial charge in [-0.25, -0.2) is 0 Å². The number of aliphatic carboxylic acids is 1. The summed E-state index contributed by atoms with van der Waals surface area (Å²) in [4.78, 5) is 21.9. The van der Waals surface area contributed by atoms with Crippen LogP contribution in [-0.2, 0) is 9.59 Å². The van der Waals surface area contributed by atoms with E-state index in [1.54, 1.807) is 0 Å². The van der Waals surface area contributed by atoms with Gasteiger partial charge in [0.15, 0.2) is 5.92 Å². The molecule has 0 aromatic carbocycles. The Morgan fingerprint density at radius 3 is 1.19 bits per heavy atom. The fourth-order valence-electron chi connectivity index (χ4n) is 3.69. The Hall–Kier alpha value is -1.32. The summed E-state index contributed by atoms with van der Waals surface area (Å²) in [5.74, 6) is -3.25. The predicted octanol–water partition coefficient (Wildman–Crippen LogP) is 8.19. The maximum Gasteiger partial charge on any atom is 0.320 e. The molecule has 0 heterocycles. The molecule has 0 bridgehead atoms. The summed E-state index contributed by atoms with van der Waals surface area (Å²) in [6, 6.07) is 0. The van der Waals surface area contributed by atoms with Gasteiger partial charge in [0.05, 0.1) is 0 Å². The van der Waals surface area contributed by atoms with E-state index in [4.69, 9.17) is 10.8 Å². The standard InChI is InChI=1S/C16H29NO3.C11H24/c1-3-4-5-6-7-8-9-10-11-12-13(2)14(15(17)18)16(19)20;1-3-5-7-9-11-10-8-6-4-2/h14H,2-12H2,1H3,(H2,17,18)(H,19,20);3-11H2,1-2H3. The molecule has 0 fully saturated rings. The minimum absolute atomic E-state index is 0.424. The number of nitrogens with two attached hydrogens (primary N) is 1. The molecule has 0 radical (unpaired) electrons. The molecule has 1 amide bonds. The zero-order chi connectivity index (χ0) is 23.7. The molecule has 4 nitrogen and oxygen atoms in total. The highest BCUT2D eigenvalue weighted by Gasteiger charge is 2.26. The Balaban J connectivity index is 0. The second kappa shape index (κ2) is 24.9. The fraction of sp³-hybridized carbons (Fsp3) is 0.852. The van der Waals surface area contributed by atoms with Crippen LogP contribution in [-0.4, -0.2) is 17.0 Å². The van der Waals surface area contributed by atoms with Gasteiger partial charge >= 0.3 is 5.97 Å². The van der Waals surface area contributed by atoms with E-state index in [1.807, 2.05) is 0 Å². The van der Waals surface area contributed by atoms with Crippen molar-refractivity contribution in [2.45, 2.75) is 143 Å². The monoisotopic (exact) mass is 439 g/mol. The van der Waals surface area contributed by atoms with Gasteiger partial charge in [-0.1, -0.05) is 142 Å². The molecule has 0 aliphatic heterocycles. The number of carboxylic acids is 1. The van der Waals surface area contributed by atoms with Crippen molar-refractivity contribution in [2.75, 3.05) is 0 Å². The zero-order valence-electron chi connectivity index (χ0n) is 21.1. The quantitative estimate of drug-likeness (QED) is 0.107. The molecule has 0 spiro atoms. The smallest absolute Gasteiger partial charge is 0.320 e. The number of hydrogen-bond donors (Lipinski definition) is 2. The van der Waals surface area contributed by atoms with Gasteiger partial charge in [-0.15, -0.1) is 0 Å². The van der Waals surface area contributed by atoms with E-state index in [1.165, 1.54) is 96.3 Å². The third-order valence-corrected chi connectivity index (χ3v) is 5.75. The van der Waals surface area contributed by atoms with Gasteiger partial charge in [-0.2, -0.15) is 0 Å². The first-order valence-electron chi connectivity index (χ1n) is 13.1. The Morgan fingerprint density at radius 1 is 0.645 bits per heavy atom. The molecule has 0 aliphatic carbocycles. The Bertz CT molecular complexity index is 412. The van der Waals surface area contributed by atoms with Gasteiger partial charge in [0.1, 0.15) is 0 Å². The van der Waals surface area contributed by atoms with Gasteiger partial charge < -0.3 is 10.8 Å². The lowest BCUT2D eigenvalue weighted by molar-refractivity contribution is -0.144. The highest BCUT2D eigenvalue weighted by atomic mass is 16.4. The second-order valence-corrected chi connectivity index (χ2v) is 8.89. The number of hydrogen-bond acceptors (Lipinski definition) is 2. The lowest BCUT2D eigenvalue weighted by Crippen LogP contribution is -2.31. The summed E-state index contributed by atoms with van der Waals surface area (Å²) >= 11 is 0. The molecule has 1 atom stereocenters. The van der Waals surface area contributed by atoms with Crippen LogP contribution < -0.4 is 5.73 Å². The van der Waals surface area contributed by atoms with Crippen molar-refractivity contribution in [2.24, 2.45) is 11.7 Å².